The van der Waals surface area contributed by atoms with Crippen LogP contribution in [-0.2, 0) is 14.4 Å². The number of esters is 1. The van der Waals surface area contributed by atoms with Crippen molar-refractivity contribution in [2.75, 3.05) is 13.7 Å². The Balaban J connectivity index is 1.65. The van der Waals surface area contributed by atoms with Gasteiger partial charge in [0.25, 0.3) is 0 Å². The smallest absolute Gasteiger partial charge is 0.310 e. The summed E-state index contributed by atoms with van der Waals surface area (Å²) in [5, 5.41) is 1.66. The van der Waals surface area contributed by atoms with E-state index in [1.807, 2.05) is 48.5 Å². The summed E-state index contributed by atoms with van der Waals surface area (Å²) in [5.41, 5.74) is 4.68. The number of carbonyl (C=O) groups is 3. The molecule has 0 spiro atoms. The maximum Gasteiger partial charge on any atom is 0.310 e. The third-order valence-corrected chi connectivity index (χ3v) is 7.69. The van der Waals surface area contributed by atoms with Gasteiger partial charge in [-0.3, -0.25) is 14.4 Å². The Kier molecular flexibility index (Phi) is 5.16. The van der Waals surface area contributed by atoms with Gasteiger partial charge in [-0.1, -0.05) is 72.8 Å². The molecule has 1 saturated heterocycles. The number of hydrogen-bond donors (Lipinski definition) is 0. The summed E-state index contributed by atoms with van der Waals surface area (Å²) in [6, 6.07) is 21.4. The van der Waals surface area contributed by atoms with Crippen LogP contribution in [0.1, 0.15) is 50.7 Å². The fourth-order valence-corrected chi connectivity index (χ4v) is 6.43. The minimum atomic E-state index is -0.934. The lowest BCUT2D eigenvalue weighted by Gasteiger charge is -2.54. The van der Waals surface area contributed by atoms with E-state index in [1.165, 1.54) is 7.11 Å². The molecule has 2 aliphatic carbocycles. The molecular formula is C29H25NO5. The summed E-state index contributed by atoms with van der Waals surface area (Å²) in [6.07, 6.45) is 0. The second-order valence-electron chi connectivity index (χ2n) is 9.21. The van der Waals surface area contributed by atoms with Crippen LogP contribution in [-0.4, -0.2) is 42.4 Å². The Bertz CT molecular complexity index is 1360. The lowest BCUT2D eigenvalue weighted by Crippen LogP contribution is -2.63. The molecule has 176 valence electrons. The van der Waals surface area contributed by atoms with Gasteiger partial charge in [0.15, 0.2) is 11.6 Å². The third kappa shape index (κ3) is 3.00. The molecule has 3 aromatic rings. The van der Waals surface area contributed by atoms with Crippen molar-refractivity contribution in [1.82, 2.24) is 5.06 Å². The Morgan fingerprint density at radius 3 is 1.91 bits per heavy atom. The zero-order valence-corrected chi connectivity index (χ0v) is 19.5. The van der Waals surface area contributed by atoms with Gasteiger partial charge in [0.2, 0.25) is 0 Å². The molecule has 3 aromatic carbocycles. The van der Waals surface area contributed by atoms with E-state index in [2.05, 4.69) is 0 Å². The highest BCUT2D eigenvalue weighted by molar-refractivity contribution is 6.18. The molecule has 0 N–H and O–H groups in total. The summed E-state index contributed by atoms with van der Waals surface area (Å²) in [6.45, 7) is 1.94. The van der Waals surface area contributed by atoms with Gasteiger partial charge in [-0.2, -0.15) is 5.06 Å². The average Bonchev–Trinajstić information content (AvgIpc) is 2.90. The van der Waals surface area contributed by atoms with Crippen molar-refractivity contribution in [2.45, 2.75) is 24.9 Å². The van der Waals surface area contributed by atoms with Crippen molar-refractivity contribution in [2.24, 2.45) is 11.8 Å². The molecule has 1 heterocycles. The van der Waals surface area contributed by atoms with E-state index in [9.17, 15) is 14.4 Å². The van der Waals surface area contributed by atoms with E-state index in [0.717, 1.165) is 22.3 Å². The van der Waals surface area contributed by atoms with Gasteiger partial charge in [-0.25, -0.2) is 0 Å². The van der Waals surface area contributed by atoms with Crippen molar-refractivity contribution in [1.29, 1.82) is 0 Å². The van der Waals surface area contributed by atoms with Gasteiger partial charge in [0, 0.05) is 17.0 Å². The largest absolute Gasteiger partial charge is 0.466 e. The summed E-state index contributed by atoms with van der Waals surface area (Å²) in [7, 11) is 1.53. The SMILES string of the molecule is CCOC(=O)C1C2C(=O)c3ccccc3C(=O)C2N(OC)C2c3ccccc3-c3ccccc3C12. The molecule has 0 saturated carbocycles. The highest BCUT2D eigenvalue weighted by Gasteiger charge is 2.62. The Hall–Kier alpha value is -3.61. The molecule has 6 rings (SSSR count). The maximum atomic E-state index is 14.0. The van der Waals surface area contributed by atoms with E-state index in [4.69, 9.17) is 9.57 Å². The van der Waals surface area contributed by atoms with Crippen LogP contribution in [0.3, 0.4) is 0 Å². The fraction of sp³-hybridized carbons (Fsp3) is 0.276. The number of ether oxygens (including phenoxy) is 1. The lowest BCUT2D eigenvalue weighted by atomic mass is 9.58. The number of ketones is 2. The minimum absolute atomic E-state index is 0.190. The number of nitrogens with zero attached hydrogens (tertiary/aromatic N) is 1. The summed E-state index contributed by atoms with van der Waals surface area (Å²) in [5.74, 6) is -3.07. The van der Waals surface area contributed by atoms with Crippen LogP contribution < -0.4 is 0 Å². The molecule has 0 bridgehead atoms. The van der Waals surface area contributed by atoms with Gasteiger partial charge < -0.3 is 9.57 Å². The number of Topliss-reactive ketones (excluding diaryl/α,β-unsaturated/α-hetero) is 2. The molecule has 5 atom stereocenters. The molecule has 0 aromatic heterocycles. The third-order valence-electron chi connectivity index (χ3n) is 7.69. The van der Waals surface area contributed by atoms with E-state index < -0.39 is 35.8 Å². The lowest BCUT2D eigenvalue weighted by molar-refractivity contribution is -0.223. The normalized spacial score (nSPS) is 26.6. The van der Waals surface area contributed by atoms with Crippen LogP contribution in [0, 0.1) is 11.8 Å². The Morgan fingerprint density at radius 1 is 0.743 bits per heavy atom. The zero-order chi connectivity index (χ0) is 24.3. The highest BCUT2D eigenvalue weighted by atomic mass is 16.7. The van der Waals surface area contributed by atoms with Gasteiger partial charge in [-0.05, 0) is 29.2 Å². The minimum Gasteiger partial charge on any atom is -0.466 e. The first kappa shape index (κ1) is 21.9. The van der Waals surface area contributed by atoms with Gasteiger partial charge in [-0.15, -0.1) is 0 Å². The van der Waals surface area contributed by atoms with E-state index in [1.54, 1.807) is 36.3 Å². The first-order valence-corrected chi connectivity index (χ1v) is 11.9. The first-order chi connectivity index (χ1) is 17.1. The Labute approximate surface area is 203 Å². The molecule has 1 aliphatic heterocycles. The van der Waals surface area contributed by atoms with Crippen LogP contribution in [0.4, 0.5) is 0 Å². The second-order valence-corrected chi connectivity index (χ2v) is 9.21. The number of fused-ring (bicyclic) bond motifs is 8. The van der Waals surface area contributed by atoms with Crippen molar-refractivity contribution >= 4 is 17.5 Å². The molecule has 5 unspecified atom stereocenters. The van der Waals surface area contributed by atoms with Crippen LogP contribution >= 0.6 is 0 Å². The molecule has 1 fully saturated rings. The Morgan fingerprint density at radius 2 is 1.29 bits per heavy atom. The van der Waals surface area contributed by atoms with Crippen LogP contribution in [0.2, 0.25) is 0 Å². The van der Waals surface area contributed by atoms with Crippen LogP contribution in [0.5, 0.6) is 0 Å². The summed E-state index contributed by atoms with van der Waals surface area (Å²) < 4.78 is 5.56. The van der Waals surface area contributed by atoms with Gasteiger partial charge in [0.05, 0.1) is 31.6 Å². The number of piperidine rings is 1. The maximum absolute atomic E-state index is 14.0. The molecule has 3 aliphatic rings. The monoisotopic (exact) mass is 467 g/mol. The van der Waals surface area contributed by atoms with Gasteiger partial charge >= 0.3 is 5.97 Å². The van der Waals surface area contributed by atoms with Crippen molar-refractivity contribution in [3.8, 4) is 11.1 Å². The zero-order valence-electron chi connectivity index (χ0n) is 19.5. The van der Waals surface area contributed by atoms with Crippen molar-refractivity contribution in [3.05, 3.63) is 95.1 Å². The average molecular weight is 468 g/mol. The standard InChI is InChI=1S/C29H25NO5/c1-3-35-29(33)23-22-18-12-6-4-10-16(18)17-11-5-7-13-19(17)25(22)30(34-2)26-24(23)27(31)20-14-8-9-15-21(20)28(26)32/h4-15,22-26H,3H2,1-2H3. The molecule has 6 heteroatoms. The number of benzene rings is 3. The predicted molar refractivity (Wildman–Crippen MR) is 129 cm³/mol. The second kappa shape index (κ2) is 8.26. The molecule has 0 radical (unpaired) electrons. The first-order valence-electron chi connectivity index (χ1n) is 11.9. The number of rotatable bonds is 3. The van der Waals surface area contributed by atoms with E-state index in [0.29, 0.717) is 11.1 Å². The van der Waals surface area contributed by atoms with Crippen molar-refractivity contribution < 1.29 is 24.0 Å². The summed E-state index contributed by atoms with van der Waals surface area (Å²) in [4.78, 5) is 47.4. The van der Waals surface area contributed by atoms with Crippen LogP contribution in [0.15, 0.2) is 72.8 Å². The number of carbonyl (C=O) groups excluding carboxylic acids is 3. The highest BCUT2D eigenvalue weighted by Crippen LogP contribution is 2.58. The number of hydrogen-bond acceptors (Lipinski definition) is 6. The fourth-order valence-electron chi connectivity index (χ4n) is 6.43. The molecular weight excluding hydrogens is 442 g/mol. The van der Waals surface area contributed by atoms with E-state index >= 15 is 0 Å². The van der Waals surface area contributed by atoms with Crippen LogP contribution in [0.25, 0.3) is 11.1 Å². The molecule has 35 heavy (non-hydrogen) atoms. The number of hydroxylamine groups is 2. The quantitative estimate of drug-likeness (QED) is 0.524. The topological polar surface area (TPSA) is 72.9 Å². The molecule has 6 nitrogen and oxygen atoms in total. The molecule has 0 amide bonds. The summed E-state index contributed by atoms with van der Waals surface area (Å²) >= 11 is 0. The van der Waals surface area contributed by atoms with Gasteiger partial charge in [0.1, 0.15) is 6.04 Å². The van der Waals surface area contributed by atoms with Crippen molar-refractivity contribution in [3.63, 3.8) is 0 Å². The predicted octanol–water partition coefficient (Wildman–Crippen LogP) is 4.61. The van der Waals surface area contributed by atoms with E-state index in [-0.39, 0.29) is 18.2 Å².